The first-order valence-corrected chi connectivity index (χ1v) is 7.23. The van der Waals surface area contributed by atoms with Crippen LogP contribution in [0.2, 0.25) is 0 Å². The highest BCUT2D eigenvalue weighted by Gasteiger charge is 2.25. The molecule has 0 aliphatic heterocycles. The van der Waals surface area contributed by atoms with Crippen molar-refractivity contribution in [2.24, 2.45) is 5.73 Å². The Morgan fingerprint density at radius 1 is 1.53 bits per heavy atom. The summed E-state index contributed by atoms with van der Waals surface area (Å²) < 4.78 is 0. The van der Waals surface area contributed by atoms with Crippen LogP contribution in [0.5, 0.6) is 0 Å². The Balaban J connectivity index is 2.26. The summed E-state index contributed by atoms with van der Waals surface area (Å²) in [6.45, 7) is 0.0995. The van der Waals surface area contributed by atoms with Crippen LogP contribution in [0, 0.1) is 0 Å². The molecule has 0 aromatic carbocycles. The number of likely N-dealkylation sites (N-methyl/N-ethyl adjacent to an activating group) is 1. The second-order valence-corrected chi connectivity index (χ2v) is 5.41. The number of carbonyl (C=O) groups excluding carboxylic acids is 2. The van der Waals surface area contributed by atoms with Crippen LogP contribution in [-0.2, 0) is 9.59 Å². The molecule has 0 saturated heterocycles. The van der Waals surface area contributed by atoms with Crippen molar-refractivity contribution in [3.05, 3.63) is 0 Å². The standard InChI is InChI=1S/C11H21N3O2S/c1-14(7-10(15)13-8-3-4-8)11(16)9(12)5-6-17-2/h8-9H,3-7,12H2,1-2H3,(H,13,15)/t9-/m0/s1. The molecule has 0 spiro atoms. The first kappa shape index (κ1) is 14.3. The summed E-state index contributed by atoms with van der Waals surface area (Å²) in [5, 5.41) is 2.84. The van der Waals surface area contributed by atoms with Crippen LogP contribution in [0.3, 0.4) is 0 Å². The van der Waals surface area contributed by atoms with Crippen LogP contribution in [0.1, 0.15) is 19.3 Å². The molecule has 0 bridgehead atoms. The molecule has 0 radical (unpaired) electrons. The van der Waals surface area contributed by atoms with Crippen LogP contribution in [0.4, 0.5) is 0 Å². The molecular weight excluding hydrogens is 238 g/mol. The molecule has 1 saturated carbocycles. The maximum absolute atomic E-state index is 11.8. The molecule has 5 nitrogen and oxygen atoms in total. The van der Waals surface area contributed by atoms with Crippen molar-refractivity contribution in [1.82, 2.24) is 10.2 Å². The Morgan fingerprint density at radius 2 is 2.18 bits per heavy atom. The van der Waals surface area contributed by atoms with Gasteiger partial charge in [-0.2, -0.15) is 11.8 Å². The third-order valence-electron chi connectivity index (χ3n) is 2.65. The van der Waals surface area contributed by atoms with Gasteiger partial charge in [-0.25, -0.2) is 0 Å². The van der Waals surface area contributed by atoms with Gasteiger partial charge in [-0.3, -0.25) is 9.59 Å². The normalized spacial score (nSPS) is 16.4. The fourth-order valence-corrected chi connectivity index (χ4v) is 1.94. The number of hydrogen-bond donors (Lipinski definition) is 2. The van der Waals surface area contributed by atoms with E-state index in [0.29, 0.717) is 12.5 Å². The zero-order chi connectivity index (χ0) is 12.8. The number of amides is 2. The lowest BCUT2D eigenvalue weighted by Crippen LogP contribution is -2.46. The lowest BCUT2D eigenvalue weighted by Gasteiger charge is -2.20. The van der Waals surface area contributed by atoms with Gasteiger partial charge in [0.2, 0.25) is 11.8 Å². The minimum absolute atomic E-state index is 0.0968. The molecule has 6 heteroatoms. The van der Waals surface area contributed by atoms with E-state index < -0.39 is 6.04 Å². The molecule has 0 aromatic heterocycles. The summed E-state index contributed by atoms with van der Waals surface area (Å²) in [5.41, 5.74) is 5.76. The van der Waals surface area contributed by atoms with Crippen LogP contribution >= 0.6 is 11.8 Å². The van der Waals surface area contributed by atoms with E-state index in [1.807, 2.05) is 6.26 Å². The van der Waals surface area contributed by atoms with E-state index in [2.05, 4.69) is 5.32 Å². The van der Waals surface area contributed by atoms with Crippen LogP contribution in [0.25, 0.3) is 0 Å². The Hall–Kier alpha value is -0.750. The molecule has 3 N–H and O–H groups in total. The average molecular weight is 259 g/mol. The first-order valence-electron chi connectivity index (χ1n) is 5.83. The van der Waals surface area contributed by atoms with E-state index in [0.717, 1.165) is 18.6 Å². The van der Waals surface area contributed by atoms with Crippen molar-refractivity contribution in [2.75, 3.05) is 25.6 Å². The van der Waals surface area contributed by atoms with Gasteiger partial charge in [0.05, 0.1) is 12.6 Å². The minimum atomic E-state index is -0.499. The van der Waals surface area contributed by atoms with Gasteiger partial charge in [-0.15, -0.1) is 0 Å². The number of thioether (sulfide) groups is 1. The summed E-state index contributed by atoms with van der Waals surface area (Å²) in [7, 11) is 1.62. The molecule has 1 fully saturated rings. The third kappa shape index (κ3) is 5.41. The van der Waals surface area contributed by atoms with E-state index in [9.17, 15) is 9.59 Å². The molecule has 1 aliphatic rings. The maximum atomic E-state index is 11.8. The highest BCUT2D eigenvalue weighted by Crippen LogP contribution is 2.18. The number of nitrogens with one attached hydrogen (secondary N) is 1. The summed E-state index contributed by atoms with van der Waals surface area (Å²) in [6.07, 6.45) is 4.73. The molecule has 2 amide bonds. The van der Waals surface area contributed by atoms with E-state index in [1.54, 1.807) is 18.8 Å². The quantitative estimate of drug-likeness (QED) is 0.664. The Labute approximate surface area is 106 Å². The van der Waals surface area contributed by atoms with Gasteiger partial charge in [-0.05, 0) is 31.3 Å². The predicted octanol–water partition coefficient (Wildman–Crippen LogP) is -0.196. The number of hydrogen-bond acceptors (Lipinski definition) is 4. The van der Waals surface area contributed by atoms with Crippen LogP contribution in [-0.4, -0.2) is 54.4 Å². The van der Waals surface area contributed by atoms with Crippen molar-refractivity contribution in [1.29, 1.82) is 0 Å². The Morgan fingerprint density at radius 3 is 2.71 bits per heavy atom. The highest BCUT2D eigenvalue weighted by molar-refractivity contribution is 7.98. The third-order valence-corrected chi connectivity index (χ3v) is 3.29. The molecule has 0 heterocycles. The van der Waals surface area contributed by atoms with Crippen molar-refractivity contribution < 1.29 is 9.59 Å². The Bertz CT molecular complexity index is 282. The number of nitrogens with two attached hydrogens (primary N) is 1. The summed E-state index contributed by atoms with van der Waals surface area (Å²) >= 11 is 1.66. The van der Waals surface area contributed by atoms with Gasteiger partial charge in [0.1, 0.15) is 0 Å². The molecule has 1 rings (SSSR count). The molecule has 1 aliphatic carbocycles. The zero-order valence-corrected chi connectivity index (χ0v) is 11.3. The van der Waals surface area contributed by atoms with Crippen LogP contribution < -0.4 is 11.1 Å². The summed E-state index contributed by atoms with van der Waals surface area (Å²) in [5.74, 6) is 0.597. The smallest absolute Gasteiger partial charge is 0.239 e. The molecular formula is C11H21N3O2S. The van der Waals surface area contributed by atoms with Crippen LogP contribution in [0.15, 0.2) is 0 Å². The van der Waals surface area contributed by atoms with Gasteiger partial charge in [0.15, 0.2) is 0 Å². The van der Waals surface area contributed by atoms with E-state index in [1.165, 1.54) is 4.90 Å². The SMILES string of the molecule is CSCC[C@H](N)C(=O)N(C)CC(=O)NC1CC1. The summed E-state index contributed by atoms with van der Waals surface area (Å²) in [6, 6.07) is -0.169. The van der Waals surface area contributed by atoms with Gasteiger partial charge >= 0.3 is 0 Å². The number of nitrogens with zero attached hydrogens (tertiary/aromatic N) is 1. The van der Waals surface area contributed by atoms with Gasteiger partial charge in [0.25, 0.3) is 0 Å². The van der Waals surface area contributed by atoms with Crippen molar-refractivity contribution in [3.8, 4) is 0 Å². The molecule has 17 heavy (non-hydrogen) atoms. The van der Waals surface area contributed by atoms with Crippen molar-refractivity contribution >= 4 is 23.6 Å². The predicted molar refractivity (Wildman–Crippen MR) is 69.8 cm³/mol. The average Bonchev–Trinajstić information content (AvgIpc) is 3.08. The molecule has 98 valence electrons. The summed E-state index contributed by atoms with van der Waals surface area (Å²) in [4.78, 5) is 24.7. The second-order valence-electron chi connectivity index (χ2n) is 4.42. The van der Waals surface area contributed by atoms with Gasteiger partial charge in [-0.1, -0.05) is 0 Å². The fourth-order valence-electron chi connectivity index (χ4n) is 1.45. The fraction of sp³-hybridized carbons (Fsp3) is 0.818. The monoisotopic (exact) mass is 259 g/mol. The van der Waals surface area contributed by atoms with Gasteiger partial charge in [0, 0.05) is 13.1 Å². The maximum Gasteiger partial charge on any atom is 0.239 e. The minimum Gasteiger partial charge on any atom is -0.352 e. The zero-order valence-electron chi connectivity index (χ0n) is 10.4. The van der Waals surface area contributed by atoms with E-state index in [-0.39, 0.29) is 18.4 Å². The molecule has 0 unspecified atom stereocenters. The largest absolute Gasteiger partial charge is 0.352 e. The molecule has 1 atom stereocenters. The van der Waals surface area contributed by atoms with Crippen molar-refractivity contribution in [2.45, 2.75) is 31.3 Å². The number of rotatable bonds is 7. The topological polar surface area (TPSA) is 75.4 Å². The molecule has 0 aromatic rings. The van der Waals surface area contributed by atoms with E-state index in [4.69, 9.17) is 5.73 Å². The first-order chi connectivity index (χ1) is 8.04. The lowest BCUT2D eigenvalue weighted by molar-refractivity contribution is -0.135. The van der Waals surface area contributed by atoms with Crippen molar-refractivity contribution in [3.63, 3.8) is 0 Å². The second kappa shape index (κ2) is 6.86. The van der Waals surface area contributed by atoms with E-state index >= 15 is 0 Å². The highest BCUT2D eigenvalue weighted by atomic mass is 32.2. The lowest BCUT2D eigenvalue weighted by atomic mass is 10.2. The Kier molecular flexibility index (Phi) is 5.77. The number of carbonyl (C=O) groups is 2. The van der Waals surface area contributed by atoms with Gasteiger partial charge < -0.3 is 16.0 Å².